The molecule has 90 valence electrons. The molecule has 2 N–H and O–H groups in total. The van der Waals surface area contributed by atoms with E-state index >= 15 is 0 Å². The topological polar surface area (TPSA) is 43.1 Å². The normalized spacial score (nSPS) is 10.7. The number of carbonyl (C=O) groups is 1. The van der Waals surface area contributed by atoms with Gasteiger partial charge in [0.1, 0.15) is 5.82 Å². The maximum absolute atomic E-state index is 13.6. The number of halogens is 1. The summed E-state index contributed by atoms with van der Waals surface area (Å²) in [6.07, 6.45) is 2.91. The van der Waals surface area contributed by atoms with Crippen LogP contribution in [0.4, 0.5) is 4.39 Å². The fraction of sp³-hybridized carbons (Fsp3) is 0. The lowest BCUT2D eigenvalue weighted by atomic mass is 10.0. The molecule has 0 saturated carbocycles. The summed E-state index contributed by atoms with van der Waals surface area (Å²) in [6, 6.07) is 13.8. The second-order valence-corrected chi connectivity index (χ2v) is 3.84. The predicted octanol–water partition coefficient (Wildman–Crippen LogP) is 2.99. The van der Waals surface area contributed by atoms with Crippen LogP contribution in [0, 0.1) is 5.82 Å². The van der Waals surface area contributed by atoms with E-state index in [0.717, 1.165) is 11.1 Å². The maximum Gasteiger partial charge on any atom is 0.241 e. The molecule has 0 aliphatic rings. The molecule has 0 heterocycles. The zero-order chi connectivity index (χ0) is 13.0. The van der Waals surface area contributed by atoms with Crippen molar-refractivity contribution in [3.8, 4) is 11.1 Å². The highest BCUT2D eigenvalue weighted by atomic mass is 19.1. The molecular formula is C15H12FNO. The largest absolute Gasteiger partial charge is 0.366 e. The van der Waals surface area contributed by atoms with Gasteiger partial charge >= 0.3 is 0 Å². The van der Waals surface area contributed by atoms with Crippen molar-refractivity contribution in [2.45, 2.75) is 0 Å². The quantitative estimate of drug-likeness (QED) is 0.825. The molecule has 2 aromatic carbocycles. The number of amides is 1. The Hall–Kier alpha value is -2.42. The number of hydrogen-bond donors (Lipinski definition) is 1. The fourth-order valence-corrected chi connectivity index (χ4v) is 1.65. The van der Waals surface area contributed by atoms with Crippen LogP contribution in [0.15, 0.2) is 54.6 Å². The van der Waals surface area contributed by atoms with E-state index in [1.54, 1.807) is 48.5 Å². The lowest BCUT2D eigenvalue weighted by molar-refractivity contribution is -0.113. The minimum absolute atomic E-state index is 0.252. The van der Waals surface area contributed by atoms with Gasteiger partial charge in [-0.2, -0.15) is 0 Å². The van der Waals surface area contributed by atoms with Gasteiger partial charge in [0.05, 0.1) is 0 Å². The molecule has 0 spiro atoms. The lowest BCUT2D eigenvalue weighted by Gasteiger charge is -2.03. The smallest absolute Gasteiger partial charge is 0.241 e. The molecule has 3 heteroatoms. The minimum atomic E-state index is -0.492. The molecule has 0 aliphatic carbocycles. The molecule has 0 saturated heterocycles. The van der Waals surface area contributed by atoms with Crippen molar-refractivity contribution < 1.29 is 9.18 Å². The molecule has 0 unspecified atom stereocenters. The molecule has 18 heavy (non-hydrogen) atoms. The van der Waals surface area contributed by atoms with Crippen LogP contribution >= 0.6 is 0 Å². The second-order valence-electron chi connectivity index (χ2n) is 3.84. The standard InChI is InChI=1S/C15H12FNO/c16-14-4-2-1-3-13(14)12-8-5-11(6-9-12)7-10-15(17)18/h1-10H,(H2,17,18)/b10-7-. The number of hydrogen-bond acceptors (Lipinski definition) is 1. The molecule has 2 rings (SSSR count). The Kier molecular flexibility index (Phi) is 3.53. The summed E-state index contributed by atoms with van der Waals surface area (Å²) in [4.78, 5) is 10.6. The monoisotopic (exact) mass is 241 g/mol. The van der Waals surface area contributed by atoms with Gasteiger partial charge in [-0.1, -0.05) is 42.5 Å². The van der Waals surface area contributed by atoms with Gasteiger partial charge in [-0.3, -0.25) is 4.79 Å². The summed E-state index contributed by atoms with van der Waals surface area (Å²) in [5, 5.41) is 0. The van der Waals surface area contributed by atoms with Crippen molar-refractivity contribution in [2.75, 3.05) is 0 Å². The van der Waals surface area contributed by atoms with E-state index < -0.39 is 5.91 Å². The molecule has 1 amide bonds. The Morgan fingerprint density at radius 2 is 1.72 bits per heavy atom. The fourth-order valence-electron chi connectivity index (χ4n) is 1.65. The Bertz CT molecular complexity index is 588. The van der Waals surface area contributed by atoms with Gasteiger partial charge in [0.25, 0.3) is 0 Å². The molecule has 0 fully saturated rings. The number of nitrogens with two attached hydrogens (primary N) is 1. The van der Waals surface area contributed by atoms with Gasteiger partial charge in [0, 0.05) is 11.6 Å². The third-order valence-corrected chi connectivity index (χ3v) is 2.54. The first-order chi connectivity index (χ1) is 8.66. The first-order valence-electron chi connectivity index (χ1n) is 5.49. The van der Waals surface area contributed by atoms with E-state index in [4.69, 9.17) is 5.73 Å². The number of primary amides is 1. The number of carbonyl (C=O) groups excluding carboxylic acids is 1. The van der Waals surface area contributed by atoms with Gasteiger partial charge in [-0.05, 0) is 23.3 Å². The summed E-state index contributed by atoms with van der Waals surface area (Å²) < 4.78 is 13.6. The van der Waals surface area contributed by atoms with Gasteiger partial charge in [-0.25, -0.2) is 4.39 Å². The van der Waals surface area contributed by atoms with Crippen molar-refractivity contribution in [1.29, 1.82) is 0 Å². The Morgan fingerprint density at radius 3 is 2.33 bits per heavy atom. The van der Waals surface area contributed by atoms with Crippen LogP contribution in [0.25, 0.3) is 17.2 Å². The van der Waals surface area contributed by atoms with Crippen LogP contribution in [0.3, 0.4) is 0 Å². The van der Waals surface area contributed by atoms with Gasteiger partial charge in [-0.15, -0.1) is 0 Å². The van der Waals surface area contributed by atoms with Crippen molar-refractivity contribution >= 4 is 12.0 Å². The second kappa shape index (κ2) is 5.27. The first-order valence-corrected chi connectivity index (χ1v) is 5.49. The molecular weight excluding hydrogens is 229 g/mol. The van der Waals surface area contributed by atoms with Crippen LogP contribution in [0.2, 0.25) is 0 Å². The minimum Gasteiger partial charge on any atom is -0.366 e. The van der Waals surface area contributed by atoms with E-state index in [1.165, 1.54) is 12.1 Å². The highest BCUT2D eigenvalue weighted by molar-refractivity contribution is 5.90. The zero-order valence-electron chi connectivity index (χ0n) is 9.64. The highest BCUT2D eigenvalue weighted by Crippen LogP contribution is 2.22. The van der Waals surface area contributed by atoms with E-state index in [0.29, 0.717) is 5.56 Å². The summed E-state index contributed by atoms with van der Waals surface area (Å²) >= 11 is 0. The van der Waals surface area contributed by atoms with Gasteiger partial charge in [0.15, 0.2) is 0 Å². The summed E-state index contributed by atoms with van der Waals surface area (Å²) in [5.41, 5.74) is 7.20. The van der Waals surface area contributed by atoms with Crippen molar-refractivity contribution in [2.24, 2.45) is 5.73 Å². The summed E-state index contributed by atoms with van der Waals surface area (Å²) in [7, 11) is 0. The molecule has 0 atom stereocenters. The molecule has 2 aromatic rings. The first kappa shape index (κ1) is 12.0. The Morgan fingerprint density at radius 1 is 1.06 bits per heavy atom. The van der Waals surface area contributed by atoms with E-state index in [-0.39, 0.29) is 5.82 Å². The van der Waals surface area contributed by atoms with E-state index in [2.05, 4.69) is 0 Å². The average Bonchev–Trinajstić information content (AvgIpc) is 2.38. The van der Waals surface area contributed by atoms with Gasteiger partial charge < -0.3 is 5.73 Å². The van der Waals surface area contributed by atoms with Crippen molar-refractivity contribution in [3.63, 3.8) is 0 Å². The zero-order valence-corrected chi connectivity index (χ0v) is 9.64. The van der Waals surface area contributed by atoms with Crippen LogP contribution < -0.4 is 5.73 Å². The number of benzene rings is 2. The molecule has 0 radical (unpaired) electrons. The molecule has 0 bridgehead atoms. The Labute approximate surface area is 105 Å². The van der Waals surface area contributed by atoms with Crippen LogP contribution in [-0.4, -0.2) is 5.91 Å². The summed E-state index contributed by atoms with van der Waals surface area (Å²) in [5.74, 6) is -0.744. The third kappa shape index (κ3) is 2.83. The van der Waals surface area contributed by atoms with Crippen LogP contribution in [0.1, 0.15) is 5.56 Å². The SMILES string of the molecule is NC(=O)/C=C\c1ccc(-c2ccccc2F)cc1. The van der Waals surface area contributed by atoms with E-state index in [1.807, 2.05) is 0 Å². The number of rotatable bonds is 3. The van der Waals surface area contributed by atoms with Crippen LogP contribution in [-0.2, 0) is 4.79 Å². The molecule has 2 nitrogen and oxygen atoms in total. The average molecular weight is 241 g/mol. The lowest BCUT2D eigenvalue weighted by Crippen LogP contribution is -2.04. The Balaban J connectivity index is 2.28. The predicted molar refractivity (Wildman–Crippen MR) is 70.1 cm³/mol. The van der Waals surface area contributed by atoms with Crippen LogP contribution in [0.5, 0.6) is 0 Å². The van der Waals surface area contributed by atoms with Gasteiger partial charge in [0.2, 0.25) is 5.91 Å². The molecule has 0 aliphatic heterocycles. The molecule has 0 aromatic heterocycles. The summed E-state index contributed by atoms with van der Waals surface area (Å²) in [6.45, 7) is 0. The van der Waals surface area contributed by atoms with Crippen molar-refractivity contribution in [3.05, 3.63) is 66.0 Å². The third-order valence-electron chi connectivity index (χ3n) is 2.54. The maximum atomic E-state index is 13.6. The van der Waals surface area contributed by atoms with Crippen molar-refractivity contribution in [1.82, 2.24) is 0 Å². The highest BCUT2D eigenvalue weighted by Gasteiger charge is 2.02. The van der Waals surface area contributed by atoms with E-state index in [9.17, 15) is 9.18 Å².